The fourth-order valence-electron chi connectivity index (χ4n) is 2.60. The van der Waals surface area contributed by atoms with Crippen LogP contribution in [0.25, 0.3) is 9.88 Å². The molecule has 1 N–H and O–H groups in total. The number of furan rings is 1. The van der Waals surface area contributed by atoms with E-state index in [1.54, 1.807) is 51.5 Å². The molecule has 0 aromatic carbocycles. The number of hydrogen-bond donors (Lipinski definition) is 1. The summed E-state index contributed by atoms with van der Waals surface area (Å²) >= 11 is 4.76. The largest absolute Gasteiger partial charge is 0.459 e. The zero-order chi connectivity index (χ0) is 17.9. The zero-order valence-corrected chi connectivity index (χ0v) is 16.0. The van der Waals surface area contributed by atoms with E-state index in [-0.39, 0.29) is 17.6 Å². The molecule has 1 atom stereocenters. The number of carbonyl (C=O) groups excluding carboxylic acids is 2. The fourth-order valence-corrected chi connectivity index (χ4v) is 5.39. The molecule has 26 heavy (non-hydrogen) atoms. The molecule has 1 aliphatic heterocycles. The van der Waals surface area contributed by atoms with Crippen molar-refractivity contribution in [2.45, 2.75) is 12.6 Å². The lowest BCUT2D eigenvalue weighted by Crippen LogP contribution is -2.47. The Morgan fingerprint density at radius 2 is 2.23 bits per heavy atom. The van der Waals surface area contributed by atoms with Crippen LogP contribution in [0, 0.1) is 0 Å². The van der Waals surface area contributed by atoms with Gasteiger partial charge in [0.05, 0.1) is 29.3 Å². The van der Waals surface area contributed by atoms with Crippen molar-refractivity contribution in [1.82, 2.24) is 15.2 Å². The third-order valence-electron chi connectivity index (χ3n) is 3.91. The van der Waals surface area contributed by atoms with Crippen LogP contribution in [-0.2, 0) is 11.3 Å². The van der Waals surface area contributed by atoms with E-state index in [1.807, 2.05) is 22.9 Å². The second-order valence-corrected chi connectivity index (χ2v) is 8.41. The average Bonchev–Trinajstić information content (AvgIpc) is 3.44. The lowest BCUT2D eigenvalue weighted by molar-refractivity contribution is -0.124. The number of amides is 2. The van der Waals surface area contributed by atoms with Crippen molar-refractivity contribution in [2.75, 3.05) is 11.6 Å². The first-order chi connectivity index (χ1) is 12.7. The van der Waals surface area contributed by atoms with Crippen LogP contribution in [-0.4, -0.2) is 39.4 Å². The van der Waals surface area contributed by atoms with Gasteiger partial charge in [0.25, 0.3) is 5.91 Å². The lowest BCUT2D eigenvalue weighted by atomic mass is 10.2. The van der Waals surface area contributed by atoms with E-state index in [0.29, 0.717) is 18.2 Å². The second-order valence-electron chi connectivity index (χ2n) is 5.61. The van der Waals surface area contributed by atoms with Crippen molar-refractivity contribution < 1.29 is 14.0 Å². The standard InChI is InChI=1S/C17H15N3O3S3/c21-15(12-9-24-10-20(12)17(22)13-3-1-5-23-13)18-7-11-8-26-16(19-11)14-4-2-6-25-14/h1-6,8,12H,7,9-10H2,(H,18,21). The Morgan fingerprint density at radius 3 is 3.00 bits per heavy atom. The van der Waals surface area contributed by atoms with Gasteiger partial charge in [0, 0.05) is 11.1 Å². The summed E-state index contributed by atoms with van der Waals surface area (Å²) in [6, 6.07) is 6.80. The topological polar surface area (TPSA) is 75.4 Å². The van der Waals surface area contributed by atoms with E-state index in [1.165, 1.54) is 6.26 Å². The van der Waals surface area contributed by atoms with Gasteiger partial charge in [-0.2, -0.15) is 0 Å². The van der Waals surface area contributed by atoms with Crippen LogP contribution in [0.5, 0.6) is 0 Å². The highest BCUT2D eigenvalue weighted by atomic mass is 32.2. The molecule has 1 unspecified atom stereocenters. The highest BCUT2D eigenvalue weighted by Crippen LogP contribution is 2.28. The SMILES string of the molecule is O=C(NCc1csc(-c2cccs2)n1)C1CSCN1C(=O)c1ccco1. The van der Waals surface area contributed by atoms with Crippen molar-refractivity contribution >= 4 is 46.2 Å². The number of nitrogens with one attached hydrogen (secondary N) is 1. The Kier molecular flexibility index (Phi) is 5.09. The van der Waals surface area contributed by atoms with E-state index in [0.717, 1.165) is 15.6 Å². The number of thioether (sulfide) groups is 1. The highest BCUT2D eigenvalue weighted by Gasteiger charge is 2.36. The molecule has 2 amide bonds. The Morgan fingerprint density at radius 1 is 1.31 bits per heavy atom. The van der Waals surface area contributed by atoms with Crippen molar-refractivity contribution in [2.24, 2.45) is 0 Å². The maximum atomic E-state index is 12.6. The number of rotatable bonds is 5. The van der Waals surface area contributed by atoms with Crippen LogP contribution >= 0.6 is 34.4 Å². The summed E-state index contributed by atoms with van der Waals surface area (Å²) in [4.78, 5) is 32.3. The first-order valence-corrected chi connectivity index (χ1v) is 10.8. The molecule has 0 spiro atoms. The third kappa shape index (κ3) is 3.55. The van der Waals surface area contributed by atoms with Crippen molar-refractivity contribution in [1.29, 1.82) is 0 Å². The van der Waals surface area contributed by atoms with E-state index in [4.69, 9.17) is 4.42 Å². The Labute approximate surface area is 162 Å². The van der Waals surface area contributed by atoms with Gasteiger partial charge in [0.2, 0.25) is 5.91 Å². The van der Waals surface area contributed by atoms with Gasteiger partial charge in [-0.25, -0.2) is 4.98 Å². The number of thiophene rings is 1. The van der Waals surface area contributed by atoms with Gasteiger partial charge >= 0.3 is 0 Å². The van der Waals surface area contributed by atoms with Crippen LogP contribution in [0.1, 0.15) is 16.2 Å². The maximum Gasteiger partial charge on any atom is 0.290 e. The number of hydrogen-bond acceptors (Lipinski definition) is 7. The third-order valence-corrected chi connectivity index (χ3v) is 6.85. The summed E-state index contributed by atoms with van der Waals surface area (Å²) < 4.78 is 5.16. The summed E-state index contributed by atoms with van der Waals surface area (Å²) in [6.07, 6.45) is 1.46. The van der Waals surface area contributed by atoms with Crippen LogP contribution in [0.2, 0.25) is 0 Å². The minimum atomic E-state index is -0.493. The molecular weight excluding hydrogens is 390 g/mol. The first kappa shape index (κ1) is 17.3. The summed E-state index contributed by atoms with van der Waals surface area (Å²) in [7, 11) is 0. The Balaban J connectivity index is 1.38. The molecule has 134 valence electrons. The molecule has 0 bridgehead atoms. The molecule has 3 aromatic heterocycles. The monoisotopic (exact) mass is 405 g/mol. The fraction of sp³-hybridized carbons (Fsp3) is 0.235. The molecule has 1 fully saturated rings. The van der Waals surface area contributed by atoms with Gasteiger partial charge < -0.3 is 14.6 Å². The van der Waals surface area contributed by atoms with Gasteiger partial charge in [-0.1, -0.05) is 6.07 Å². The van der Waals surface area contributed by atoms with Gasteiger partial charge in [-0.05, 0) is 23.6 Å². The van der Waals surface area contributed by atoms with Crippen molar-refractivity contribution in [3.05, 3.63) is 52.7 Å². The lowest BCUT2D eigenvalue weighted by Gasteiger charge is -2.21. The molecule has 3 aromatic rings. The van der Waals surface area contributed by atoms with Crippen LogP contribution in [0.15, 0.2) is 45.7 Å². The highest BCUT2D eigenvalue weighted by molar-refractivity contribution is 7.99. The molecule has 0 radical (unpaired) electrons. The molecule has 4 rings (SSSR count). The van der Waals surface area contributed by atoms with Gasteiger partial charge in [0.1, 0.15) is 11.0 Å². The number of carbonyl (C=O) groups is 2. The van der Waals surface area contributed by atoms with Crippen LogP contribution < -0.4 is 5.32 Å². The quantitative estimate of drug-likeness (QED) is 0.705. The number of nitrogens with zero attached hydrogens (tertiary/aromatic N) is 2. The molecule has 4 heterocycles. The summed E-state index contributed by atoms with van der Waals surface area (Å²) in [6.45, 7) is 0.352. The van der Waals surface area contributed by atoms with E-state index >= 15 is 0 Å². The van der Waals surface area contributed by atoms with E-state index < -0.39 is 6.04 Å². The minimum absolute atomic E-state index is 0.166. The van der Waals surface area contributed by atoms with Crippen LogP contribution in [0.3, 0.4) is 0 Å². The van der Waals surface area contributed by atoms with Crippen LogP contribution in [0.4, 0.5) is 0 Å². The van der Waals surface area contributed by atoms with E-state index in [2.05, 4.69) is 10.3 Å². The maximum absolute atomic E-state index is 12.6. The van der Waals surface area contributed by atoms with Gasteiger partial charge in [-0.3, -0.25) is 9.59 Å². The molecule has 0 aliphatic carbocycles. The van der Waals surface area contributed by atoms with Gasteiger partial charge in [0.15, 0.2) is 5.76 Å². The smallest absolute Gasteiger partial charge is 0.290 e. The van der Waals surface area contributed by atoms with Crippen molar-refractivity contribution in [3.63, 3.8) is 0 Å². The minimum Gasteiger partial charge on any atom is -0.459 e. The predicted octanol–water partition coefficient (Wildman–Crippen LogP) is 3.30. The summed E-state index contributed by atoms with van der Waals surface area (Å²) in [5.74, 6) is 0.895. The molecular formula is C17H15N3O3S3. The predicted molar refractivity (Wildman–Crippen MR) is 103 cm³/mol. The second kappa shape index (κ2) is 7.65. The normalized spacial score (nSPS) is 16.8. The summed E-state index contributed by atoms with van der Waals surface area (Å²) in [5.41, 5.74) is 0.821. The Bertz CT molecular complexity index is 890. The number of aromatic nitrogens is 1. The molecule has 0 saturated carbocycles. The number of thiazole rings is 1. The van der Waals surface area contributed by atoms with Gasteiger partial charge in [-0.15, -0.1) is 34.4 Å². The zero-order valence-electron chi connectivity index (χ0n) is 13.6. The van der Waals surface area contributed by atoms with E-state index in [9.17, 15) is 9.59 Å². The molecule has 9 heteroatoms. The molecule has 1 saturated heterocycles. The van der Waals surface area contributed by atoms with Crippen molar-refractivity contribution in [3.8, 4) is 9.88 Å². The summed E-state index contributed by atoms with van der Waals surface area (Å²) in [5, 5.41) is 7.82. The molecule has 6 nitrogen and oxygen atoms in total. The average molecular weight is 406 g/mol. The molecule has 1 aliphatic rings. The Hall–Kier alpha value is -2.10. The first-order valence-electron chi connectivity index (χ1n) is 7.90.